The molecule has 0 saturated carbocycles. The molecule has 1 aromatic heterocycles. The quantitative estimate of drug-likeness (QED) is 0.629. The summed E-state index contributed by atoms with van der Waals surface area (Å²) in [6, 6.07) is 4.97. The van der Waals surface area contributed by atoms with E-state index in [0.717, 1.165) is 40.9 Å². The van der Waals surface area contributed by atoms with E-state index in [-0.39, 0.29) is 24.1 Å². The molecule has 0 fully saturated rings. The van der Waals surface area contributed by atoms with Gasteiger partial charge in [0.15, 0.2) is 11.5 Å². The number of rotatable bonds is 2. The monoisotopic (exact) mass is 286 g/mol. The van der Waals surface area contributed by atoms with Crippen LogP contribution in [0.15, 0.2) is 24.4 Å². The topological polar surface area (TPSA) is 85.6 Å². The average molecular weight is 286 g/mol. The lowest BCUT2D eigenvalue weighted by Crippen LogP contribution is -2.31. The largest absolute Gasteiger partial charge is 0.504 e. The van der Waals surface area contributed by atoms with E-state index in [0.29, 0.717) is 0 Å². The van der Waals surface area contributed by atoms with Crippen molar-refractivity contribution in [1.29, 1.82) is 0 Å². The second-order valence-electron chi connectivity index (χ2n) is 5.30. The Kier molecular flexibility index (Phi) is 3.53. The second kappa shape index (κ2) is 5.35. The summed E-state index contributed by atoms with van der Waals surface area (Å²) in [5.41, 5.74) is 4.49. The van der Waals surface area contributed by atoms with Crippen molar-refractivity contribution in [3.8, 4) is 11.5 Å². The zero-order valence-corrected chi connectivity index (χ0v) is 11.8. The van der Waals surface area contributed by atoms with Gasteiger partial charge in [-0.25, -0.2) is 0 Å². The van der Waals surface area contributed by atoms with Gasteiger partial charge in [0.1, 0.15) is 0 Å². The van der Waals surface area contributed by atoms with E-state index < -0.39 is 0 Å². The normalized spacial score (nSPS) is 17.5. The van der Waals surface area contributed by atoms with Crippen molar-refractivity contribution in [3.05, 3.63) is 52.3 Å². The molecule has 1 unspecified atom stereocenters. The third-order valence-corrected chi connectivity index (χ3v) is 4.07. The van der Waals surface area contributed by atoms with Gasteiger partial charge in [-0.3, -0.25) is 4.98 Å². The van der Waals surface area contributed by atoms with Gasteiger partial charge in [0.25, 0.3) is 0 Å². The van der Waals surface area contributed by atoms with Gasteiger partial charge >= 0.3 is 0 Å². The zero-order valence-electron chi connectivity index (χ0n) is 11.8. The first-order chi connectivity index (χ1) is 10.1. The maximum absolute atomic E-state index is 9.78. The number of aromatic nitrogens is 1. The Labute approximate surface area is 122 Å². The van der Waals surface area contributed by atoms with Crippen LogP contribution >= 0.6 is 0 Å². The minimum absolute atomic E-state index is 0.0768. The lowest BCUT2D eigenvalue weighted by molar-refractivity contribution is 0.278. The number of hydrogen-bond acceptors (Lipinski definition) is 5. The van der Waals surface area contributed by atoms with Gasteiger partial charge in [-0.05, 0) is 48.2 Å². The molecule has 0 spiro atoms. The fourth-order valence-electron chi connectivity index (χ4n) is 2.95. The maximum Gasteiger partial charge on any atom is 0.157 e. The summed E-state index contributed by atoms with van der Waals surface area (Å²) in [5, 5.41) is 32.5. The van der Waals surface area contributed by atoms with Gasteiger partial charge in [-0.15, -0.1) is 0 Å². The number of phenolic OH excluding ortho intramolecular Hbond substituents is 2. The number of aliphatic hydroxyl groups is 1. The number of aliphatic hydroxyl groups excluding tert-OH is 1. The molecule has 3 rings (SSSR count). The molecule has 110 valence electrons. The highest BCUT2D eigenvalue weighted by molar-refractivity contribution is 5.51. The minimum atomic E-state index is -0.126. The van der Waals surface area contributed by atoms with Crippen LogP contribution in [0.25, 0.3) is 0 Å². The highest BCUT2D eigenvalue weighted by Crippen LogP contribution is 2.37. The predicted octanol–water partition coefficient (Wildman–Crippen LogP) is 1.53. The number of nitrogens with zero attached hydrogens (tertiary/aromatic N) is 1. The molecular weight excluding hydrogens is 268 g/mol. The van der Waals surface area contributed by atoms with Gasteiger partial charge < -0.3 is 20.6 Å². The number of aromatic hydroxyl groups is 2. The molecule has 0 radical (unpaired) electrons. The molecule has 0 amide bonds. The van der Waals surface area contributed by atoms with Gasteiger partial charge in [-0.2, -0.15) is 0 Å². The van der Waals surface area contributed by atoms with Crippen molar-refractivity contribution in [2.24, 2.45) is 0 Å². The fraction of sp³-hybridized carbons (Fsp3) is 0.312. The third kappa shape index (κ3) is 2.34. The van der Waals surface area contributed by atoms with Crippen molar-refractivity contribution >= 4 is 0 Å². The molecule has 2 aromatic rings. The predicted molar refractivity (Wildman–Crippen MR) is 78.2 cm³/mol. The van der Waals surface area contributed by atoms with Gasteiger partial charge in [0, 0.05) is 24.0 Å². The summed E-state index contributed by atoms with van der Waals surface area (Å²) in [6.45, 7) is 2.56. The molecule has 5 nitrogen and oxygen atoms in total. The Morgan fingerprint density at radius 2 is 2.00 bits per heavy atom. The molecule has 1 aromatic carbocycles. The van der Waals surface area contributed by atoms with Crippen molar-refractivity contribution in [1.82, 2.24) is 10.3 Å². The molecule has 4 N–H and O–H groups in total. The summed E-state index contributed by atoms with van der Waals surface area (Å²) in [4.78, 5) is 4.22. The van der Waals surface area contributed by atoms with Crippen LogP contribution in [0.5, 0.6) is 11.5 Å². The van der Waals surface area contributed by atoms with Crippen LogP contribution in [0.1, 0.15) is 34.0 Å². The van der Waals surface area contributed by atoms with E-state index in [1.54, 1.807) is 18.3 Å². The number of nitrogens with one attached hydrogen (secondary N) is 1. The first kappa shape index (κ1) is 13.9. The summed E-state index contributed by atoms with van der Waals surface area (Å²) in [7, 11) is 0. The van der Waals surface area contributed by atoms with E-state index in [1.807, 2.05) is 13.0 Å². The van der Waals surface area contributed by atoms with Crippen LogP contribution in [-0.2, 0) is 13.0 Å². The Bertz CT molecular complexity index is 685. The number of pyridine rings is 1. The van der Waals surface area contributed by atoms with E-state index in [4.69, 9.17) is 0 Å². The second-order valence-corrected chi connectivity index (χ2v) is 5.30. The van der Waals surface area contributed by atoms with Crippen LogP contribution in [0.3, 0.4) is 0 Å². The number of aryl methyl sites for hydroxylation is 1. The van der Waals surface area contributed by atoms with Crippen LogP contribution in [-0.4, -0.2) is 26.8 Å². The molecule has 1 atom stereocenters. The van der Waals surface area contributed by atoms with Gasteiger partial charge in [0.2, 0.25) is 0 Å². The van der Waals surface area contributed by atoms with Gasteiger partial charge in [-0.1, -0.05) is 0 Å². The molecule has 0 saturated heterocycles. The van der Waals surface area contributed by atoms with Crippen molar-refractivity contribution in [3.63, 3.8) is 0 Å². The number of fused-ring (bicyclic) bond motifs is 1. The standard InChI is InChI=1S/C16H18N2O3/c1-9-13(8-19)11(3-5-17-9)16-12-7-15(21)14(20)6-10(12)2-4-18-16/h3,5-7,16,18-21H,2,4,8H2,1H3. The summed E-state index contributed by atoms with van der Waals surface area (Å²) in [6.07, 6.45) is 2.51. The molecule has 5 heteroatoms. The molecule has 2 heterocycles. The van der Waals surface area contributed by atoms with E-state index in [9.17, 15) is 15.3 Å². The van der Waals surface area contributed by atoms with Crippen molar-refractivity contribution < 1.29 is 15.3 Å². The fourth-order valence-corrected chi connectivity index (χ4v) is 2.95. The molecule has 1 aliphatic heterocycles. The molecular formula is C16H18N2O3. The number of benzene rings is 1. The average Bonchev–Trinajstić information content (AvgIpc) is 2.47. The molecule has 1 aliphatic rings. The molecule has 0 bridgehead atoms. The lowest BCUT2D eigenvalue weighted by atomic mass is 9.87. The highest BCUT2D eigenvalue weighted by Gasteiger charge is 2.25. The van der Waals surface area contributed by atoms with Crippen LogP contribution in [0.2, 0.25) is 0 Å². The minimum Gasteiger partial charge on any atom is -0.504 e. The smallest absolute Gasteiger partial charge is 0.157 e. The summed E-state index contributed by atoms with van der Waals surface area (Å²) in [5.74, 6) is -0.221. The Balaban J connectivity index is 2.15. The Morgan fingerprint density at radius 1 is 1.24 bits per heavy atom. The molecule has 0 aliphatic carbocycles. The van der Waals surface area contributed by atoms with Crippen LogP contribution in [0.4, 0.5) is 0 Å². The van der Waals surface area contributed by atoms with Crippen molar-refractivity contribution in [2.45, 2.75) is 26.0 Å². The van der Waals surface area contributed by atoms with E-state index in [2.05, 4.69) is 10.3 Å². The number of phenols is 2. The van der Waals surface area contributed by atoms with Crippen LogP contribution < -0.4 is 5.32 Å². The van der Waals surface area contributed by atoms with Gasteiger partial charge in [0.05, 0.1) is 12.6 Å². The maximum atomic E-state index is 9.78. The zero-order chi connectivity index (χ0) is 15.0. The highest BCUT2D eigenvalue weighted by atomic mass is 16.3. The first-order valence-electron chi connectivity index (χ1n) is 6.95. The van der Waals surface area contributed by atoms with Crippen molar-refractivity contribution in [2.75, 3.05) is 6.54 Å². The third-order valence-electron chi connectivity index (χ3n) is 4.07. The Morgan fingerprint density at radius 3 is 2.76 bits per heavy atom. The Hall–Kier alpha value is -2.11. The summed E-state index contributed by atoms with van der Waals surface area (Å²) < 4.78 is 0. The van der Waals surface area contributed by atoms with E-state index >= 15 is 0 Å². The summed E-state index contributed by atoms with van der Waals surface area (Å²) >= 11 is 0. The lowest BCUT2D eigenvalue weighted by Gasteiger charge is -2.29. The van der Waals surface area contributed by atoms with E-state index in [1.165, 1.54) is 0 Å². The SMILES string of the molecule is Cc1nccc(C2NCCc3cc(O)c(O)cc32)c1CO. The first-order valence-corrected chi connectivity index (χ1v) is 6.95. The number of hydrogen-bond donors (Lipinski definition) is 4. The van der Waals surface area contributed by atoms with Crippen LogP contribution in [0, 0.1) is 6.92 Å². The molecule has 21 heavy (non-hydrogen) atoms.